The van der Waals surface area contributed by atoms with Crippen molar-refractivity contribution in [2.24, 2.45) is 0 Å². The minimum Gasteiger partial charge on any atom is -0.355 e. The van der Waals surface area contributed by atoms with Gasteiger partial charge in [-0.3, -0.25) is 19.7 Å². The zero-order valence-electron chi connectivity index (χ0n) is 16.7. The van der Waals surface area contributed by atoms with E-state index in [1.165, 1.54) is 11.0 Å². The van der Waals surface area contributed by atoms with Crippen molar-refractivity contribution in [1.29, 1.82) is 0 Å². The number of carbonyl (C=O) groups excluding carboxylic acids is 2. The van der Waals surface area contributed by atoms with Crippen LogP contribution in [0.15, 0.2) is 42.5 Å². The first-order valence-electron chi connectivity index (χ1n) is 9.51. The molecule has 0 saturated heterocycles. The number of nitro benzene ring substituents is 1. The maximum Gasteiger partial charge on any atom is 0.273 e. The quantitative estimate of drug-likeness (QED) is 0.451. The lowest BCUT2D eigenvalue weighted by molar-refractivity contribution is -0.385. The van der Waals surface area contributed by atoms with Gasteiger partial charge in [-0.05, 0) is 31.0 Å². The molecule has 0 heterocycles. The molecule has 0 radical (unpaired) electrons. The van der Waals surface area contributed by atoms with Crippen LogP contribution in [0.4, 0.5) is 5.69 Å². The summed E-state index contributed by atoms with van der Waals surface area (Å²) in [6.07, 6.45) is 0.185. The summed E-state index contributed by atoms with van der Waals surface area (Å²) >= 11 is 12.1. The van der Waals surface area contributed by atoms with Crippen molar-refractivity contribution in [2.75, 3.05) is 6.54 Å². The Kier molecular flexibility index (Phi) is 8.62. The van der Waals surface area contributed by atoms with Crippen LogP contribution < -0.4 is 5.32 Å². The molecule has 2 aromatic rings. The molecule has 2 rings (SSSR count). The highest BCUT2D eigenvalue weighted by atomic mass is 35.5. The lowest BCUT2D eigenvalue weighted by atomic mass is 10.1. The fraction of sp³-hybridized carbons (Fsp3) is 0.333. The summed E-state index contributed by atoms with van der Waals surface area (Å²) in [7, 11) is 0. The molecule has 0 spiro atoms. The Morgan fingerprint density at radius 1 is 1.13 bits per heavy atom. The van der Waals surface area contributed by atoms with E-state index in [0.717, 1.165) is 0 Å². The fourth-order valence-electron chi connectivity index (χ4n) is 3.15. The molecule has 0 saturated carbocycles. The van der Waals surface area contributed by atoms with Crippen LogP contribution in [0.2, 0.25) is 10.0 Å². The second-order valence-electron chi connectivity index (χ2n) is 6.65. The molecule has 0 bridgehead atoms. The predicted molar refractivity (Wildman–Crippen MR) is 117 cm³/mol. The summed E-state index contributed by atoms with van der Waals surface area (Å²) in [6.45, 7) is 4.14. The molecule has 9 heteroatoms. The minimum atomic E-state index is -0.727. The summed E-state index contributed by atoms with van der Waals surface area (Å²) < 4.78 is 0. The zero-order chi connectivity index (χ0) is 22.3. The Bertz CT molecular complexity index is 936. The van der Waals surface area contributed by atoms with Crippen LogP contribution >= 0.6 is 23.2 Å². The van der Waals surface area contributed by atoms with Crippen LogP contribution in [0.25, 0.3) is 0 Å². The molecule has 7 nitrogen and oxygen atoms in total. The number of hydrogen-bond acceptors (Lipinski definition) is 4. The second kappa shape index (κ2) is 10.9. The lowest BCUT2D eigenvalue weighted by Gasteiger charge is -2.30. The minimum absolute atomic E-state index is 0.117. The van der Waals surface area contributed by atoms with Gasteiger partial charge < -0.3 is 10.2 Å². The highest BCUT2D eigenvalue weighted by Crippen LogP contribution is 2.25. The molecule has 0 aliphatic rings. The largest absolute Gasteiger partial charge is 0.355 e. The van der Waals surface area contributed by atoms with E-state index in [1.807, 2.05) is 0 Å². The molecule has 0 fully saturated rings. The number of nitro groups is 1. The van der Waals surface area contributed by atoms with E-state index in [1.54, 1.807) is 50.2 Å². The fourth-order valence-corrected chi connectivity index (χ4v) is 3.47. The average Bonchev–Trinajstić information content (AvgIpc) is 2.71. The van der Waals surface area contributed by atoms with Gasteiger partial charge in [-0.2, -0.15) is 0 Å². The van der Waals surface area contributed by atoms with E-state index < -0.39 is 16.9 Å². The number of rotatable bonds is 9. The van der Waals surface area contributed by atoms with Gasteiger partial charge in [-0.1, -0.05) is 54.4 Å². The number of nitrogens with zero attached hydrogens (tertiary/aromatic N) is 2. The van der Waals surface area contributed by atoms with E-state index >= 15 is 0 Å². The van der Waals surface area contributed by atoms with Gasteiger partial charge in [0.2, 0.25) is 11.8 Å². The van der Waals surface area contributed by atoms with Gasteiger partial charge in [-0.25, -0.2) is 0 Å². The Morgan fingerprint density at radius 2 is 1.83 bits per heavy atom. The Hall–Kier alpha value is -2.64. The lowest BCUT2D eigenvalue weighted by Crippen LogP contribution is -2.49. The topological polar surface area (TPSA) is 92.6 Å². The van der Waals surface area contributed by atoms with Crippen molar-refractivity contribution in [3.63, 3.8) is 0 Å². The van der Waals surface area contributed by atoms with Gasteiger partial charge in [0.05, 0.1) is 21.4 Å². The monoisotopic (exact) mass is 451 g/mol. The molecule has 1 unspecified atom stereocenters. The average molecular weight is 452 g/mol. The third-order valence-electron chi connectivity index (χ3n) is 4.60. The molecule has 2 aromatic carbocycles. The Morgan fingerprint density at radius 3 is 2.43 bits per heavy atom. The number of benzene rings is 2. The molecular weight excluding hydrogens is 429 g/mol. The van der Waals surface area contributed by atoms with Gasteiger partial charge in [0.1, 0.15) is 6.04 Å². The number of nitrogens with one attached hydrogen (secondary N) is 1. The van der Waals surface area contributed by atoms with Crippen LogP contribution in [0, 0.1) is 10.1 Å². The van der Waals surface area contributed by atoms with E-state index in [4.69, 9.17) is 23.2 Å². The smallest absolute Gasteiger partial charge is 0.273 e. The summed E-state index contributed by atoms with van der Waals surface area (Å²) in [5, 5.41) is 14.8. The van der Waals surface area contributed by atoms with Crippen LogP contribution in [-0.4, -0.2) is 34.2 Å². The zero-order valence-corrected chi connectivity index (χ0v) is 18.2. The normalized spacial score (nSPS) is 11.6. The number of amides is 2. The van der Waals surface area contributed by atoms with Gasteiger partial charge in [0.15, 0.2) is 0 Å². The molecule has 2 amide bonds. The Balaban J connectivity index is 2.38. The number of likely N-dealkylation sites (N-methyl/N-ethyl adjacent to an activating group) is 1. The molecule has 0 aromatic heterocycles. The highest BCUT2D eigenvalue weighted by Gasteiger charge is 2.29. The molecule has 0 aliphatic heterocycles. The number of carbonyl (C=O) groups is 2. The summed E-state index contributed by atoms with van der Waals surface area (Å²) in [5.41, 5.74) is 0.854. The maximum absolute atomic E-state index is 13.2. The number of hydrogen-bond donors (Lipinski definition) is 1. The summed E-state index contributed by atoms with van der Waals surface area (Å²) in [6, 6.07) is 10.3. The molecule has 160 valence electrons. The predicted octanol–water partition coefficient (Wildman–Crippen LogP) is 4.39. The maximum atomic E-state index is 13.2. The van der Waals surface area contributed by atoms with Crippen molar-refractivity contribution in [3.05, 3.63) is 73.8 Å². The van der Waals surface area contributed by atoms with Crippen molar-refractivity contribution < 1.29 is 14.5 Å². The van der Waals surface area contributed by atoms with Crippen LogP contribution in [0.5, 0.6) is 0 Å². The van der Waals surface area contributed by atoms with Gasteiger partial charge in [0, 0.05) is 24.7 Å². The van der Waals surface area contributed by atoms with E-state index in [2.05, 4.69) is 5.32 Å². The first-order chi connectivity index (χ1) is 14.3. The SMILES string of the molecule is CCNC(=O)C(CC)N(Cc1ccc(Cl)c(Cl)c1)C(=O)Cc1ccccc1[N+](=O)[O-]. The van der Waals surface area contributed by atoms with Crippen LogP contribution in [0.1, 0.15) is 31.4 Å². The van der Waals surface area contributed by atoms with Crippen LogP contribution in [-0.2, 0) is 22.6 Å². The van der Waals surface area contributed by atoms with Crippen molar-refractivity contribution >= 4 is 40.7 Å². The molecule has 1 N–H and O–H groups in total. The van der Waals surface area contributed by atoms with Gasteiger partial charge in [0.25, 0.3) is 5.69 Å². The summed E-state index contributed by atoms with van der Waals surface area (Å²) in [4.78, 5) is 38.0. The molecular formula is C21H23Cl2N3O4. The first-order valence-corrected chi connectivity index (χ1v) is 10.3. The van der Waals surface area contributed by atoms with Gasteiger partial charge in [-0.15, -0.1) is 0 Å². The number of halogens is 2. The molecule has 1 atom stereocenters. The van der Waals surface area contributed by atoms with E-state index in [0.29, 0.717) is 28.6 Å². The number of para-hydroxylation sites is 1. The van der Waals surface area contributed by atoms with Crippen molar-refractivity contribution in [2.45, 2.75) is 39.3 Å². The van der Waals surface area contributed by atoms with Crippen LogP contribution in [0.3, 0.4) is 0 Å². The van der Waals surface area contributed by atoms with Crippen molar-refractivity contribution in [1.82, 2.24) is 10.2 Å². The Labute approximate surface area is 185 Å². The third-order valence-corrected chi connectivity index (χ3v) is 5.34. The van der Waals surface area contributed by atoms with E-state index in [-0.39, 0.29) is 30.1 Å². The van der Waals surface area contributed by atoms with Gasteiger partial charge >= 0.3 is 0 Å². The molecule has 0 aliphatic carbocycles. The van der Waals surface area contributed by atoms with Crippen molar-refractivity contribution in [3.8, 4) is 0 Å². The standard InChI is InChI=1S/C21H23Cl2N3O4/c1-3-18(21(28)24-4-2)25(13-14-9-10-16(22)17(23)11-14)20(27)12-15-7-5-6-8-19(15)26(29)30/h5-11,18H,3-4,12-13H2,1-2H3,(H,24,28). The summed E-state index contributed by atoms with van der Waals surface area (Å²) in [5.74, 6) is -0.676. The highest BCUT2D eigenvalue weighted by molar-refractivity contribution is 6.42. The third kappa shape index (κ3) is 5.93. The van der Waals surface area contributed by atoms with E-state index in [9.17, 15) is 19.7 Å². The first kappa shape index (κ1) is 23.6. The molecule has 30 heavy (non-hydrogen) atoms. The second-order valence-corrected chi connectivity index (χ2v) is 7.47.